The number of fused-ring (bicyclic) bond motifs is 1. The molecular formula is C28H28BrClN2O5S. The predicted molar refractivity (Wildman–Crippen MR) is 153 cm³/mol. The first kappa shape index (κ1) is 28.1. The van der Waals surface area contributed by atoms with Gasteiger partial charge in [0, 0.05) is 10.6 Å². The Bertz CT molecular complexity index is 1580. The Morgan fingerprint density at radius 1 is 1.16 bits per heavy atom. The fraction of sp³-hybridized carbons (Fsp3) is 0.321. The molecule has 4 rings (SSSR count). The van der Waals surface area contributed by atoms with Crippen LogP contribution >= 0.6 is 38.9 Å². The smallest absolute Gasteiger partial charge is 0.338 e. The fourth-order valence-corrected chi connectivity index (χ4v) is 6.08. The van der Waals surface area contributed by atoms with E-state index in [9.17, 15) is 9.59 Å². The summed E-state index contributed by atoms with van der Waals surface area (Å²) in [6.07, 6.45) is 3.12. The standard InChI is InChI=1S/C28H28BrClN2O5S/c1-5-8-20-24(27(34)37-7-3)25(18-15-17(30)10-12-21(18)35-4)32-26(33)23(38-28(32)31-20)14-16-9-11-22(36-6-2)19(29)13-16/h9-15,25H,5-8H2,1-4H3/b23-14+/t25-/m1/s1. The lowest BCUT2D eigenvalue weighted by Crippen LogP contribution is -2.40. The Labute approximate surface area is 238 Å². The summed E-state index contributed by atoms with van der Waals surface area (Å²) >= 11 is 11.2. The van der Waals surface area contributed by atoms with E-state index in [2.05, 4.69) is 15.9 Å². The van der Waals surface area contributed by atoms with Crippen LogP contribution in [0.4, 0.5) is 0 Å². The van der Waals surface area contributed by atoms with Gasteiger partial charge in [-0.15, -0.1) is 0 Å². The lowest BCUT2D eigenvalue weighted by Gasteiger charge is -2.27. The van der Waals surface area contributed by atoms with Crippen molar-refractivity contribution in [2.45, 2.75) is 39.7 Å². The molecule has 0 amide bonds. The Kier molecular flexibility index (Phi) is 9.12. The maximum absolute atomic E-state index is 13.9. The van der Waals surface area contributed by atoms with E-state index in [0.717, 1.165) is 22.2 Å². The highest BCUT2D eigenvalue weighted by atomic mass is 79.9. The molecule has 0 saturated heterocycles. The Morgan fingerprint density at radius 2 is 1.92 bits per heavy atom. The Morgan fingerprint density at radius 3 is 2.58 bits per heavy atom. The zero-order valence-electron chi connectivity index (χ0n) is 21.5. The molecule has 1 aliphatic heterocycles. The van der Waals surface area contributed by atoms with Gasteiger partial charge < -0.3 is 14.2 Å². The molecule has 0 bridgehead atoms. The molecule has 0 radical (unpaired) electrons. The lowest BCUT2D eigenvalue weighted by atomic mass is 9.93. The zero-order chi connectivity index (χ0) is 27.4. The number of carbonyl (C=O) groups excluding carboxylic acids is 1. The lowest BCUT2D eigenvalue weighted by molar-refractivity contribution is -0.139. The monoisotopic (exact) mass is 618 g/mol. The molecule has 0 fully saturated rings. The van der Waals surface area contributed by atoms with E-state index in [4.69, 9.17) is 30.8 Å². The van der Waals surface area contributed by atoms with Crippen LogP contribution in [0.5, 0.6) is 11.5 Å². The minimum Gasteiger partial charge on any atom is -0.496 e. The van der Waals surface area contributed by atoms with Gasteiger partial charge in [-0.2, -0.15) is 0 Å². The number of aromatic nitrogens is 1. The highest BCUT2D eigenvalue weighted by molar-refractivity contribution is 9.10. The third kappa shape index (κ3) is 5.60. The van der Waals surface area contributed by atoms with Gasteiger partial charge in [-0.1, -0.05) is 42.3 Å². The number of rotatable bonds is 9. The molecule has 0 N–H and O–H groups in total. The molecule has 7 nitrogen and oxygen atoms in total. The maximum Gasteiger partial charge on any atom is 0.338 e. The number of benzene rings is 2. The molecular weight excluding hydrogens is 592 g/mol. The van der Waals surface area contributed by atoms with Crippen LogP contribution in [0.25, 0.3) is 6.08 Å². The largest absolute Gasteiger partial charge is 0.496 e. The molecule has 10 heteroatoms. The molecule has 38 heavy (non-hydrogen) atoms. The number of allylic oxidation sites excluding steroid dienone is 1. The van der Waals surface area contributed by atoms with Crippen molar-refractivity contribution in [1.29, 1.82) is 0 Å². The van der Waals surface area contributed by atoms with Crippen LogP contribution in [0, 0.1) is 0 Å². The van der Waals surface area contributed by atoms with Crippen LogP contribution in [-0.2, 0) is 9.53 Å². The number of hydrogen-bond acceptors (Lipinski definition) is 7. The average molecular weight is 620 g/mol. The number of halogens is 2. The van der Waals surface area contributed by atoms with Crippen molar-refractivity contribution in [2.24, 2.45) is 4.99 Å². The summed E-state index contributed by atoms with van der Waals surface area (Å²) in [6.45, 7) is 6.42. The van der Waals surface area contributed by atoms with Crippen LogP contribution < -0.4 is 24.4 Å². The van der Waals surface area contributed by atoms with Gasteiger partial charge in [0.05, 0.1) is 40.6 Å². The molecule has 0 spiro atoms. The van der Waals surface area contributed by atoms with Gasteiger partial charge in [0.2, 0.25) is 0 Å². The molecule has 2 heterocycles. The van der Waals surface area contributed by atoms with Gasteiger partial charge in [0.1, 0.15) is 17.5 Å². The van der Waals surface area contributed by atoms with Crippen molar-refractivity contribution in [3.8, 4) is 11.5 Å². The highest BCUT2D eigenvalue weighted by Gasteiger charge is 2.36. The van der Waals surface area contributed by atoms with Gasteiger partial charge in [-0.25, -0.2) is 9.79 Å². The van der Waals surface area contributed by atoms with Gasteiger partial charge in [0.15, 0.2) is 4.80 Å². The predicted octanol–water partition coefficient (Wildman–Crippen LogP) is 5.40. The quantitative estimate of drug-likeness (QED) is 0.300. The van der Waals surface area contributed by atoms with E-state index in [1.54, 1.807) is 36.8 Å². The summed E-state index contributed by atoms with van der Waals surface area (Å²) in [5, 5.41) is 0.458. The number of esters is 1. The van der Waals surface area contributed by atoms with E-state index in [1.165, 1.54) is 11.3 Å². The van der Waals surface area contributed by atoms with Crippen molar-refractivity contribution in [1.82, 2.24) is 4.57 Å². The van der Waals surface area contributed by atoms with Crippen molar-refractivity contribution >= 4 is 50.9 Å². The van der Waals surface area contributed by atoms with Gasteiger partial charge in [-0.3, -0.25) is 9.36 Å². The van der Waals surface area contributed by atoms with Crippen LogP contribution in [-0.4, -0.2) is 30.9 Å². The maximum atomic E-state index is 13.9. The van der Waals surface area contributed by atoms with E-state index in [-0.39, 0.29) is 12.2 Å². The summed E-state index contributed by atoms with van der Waals surface area (Å²) in [4.78, 5) is 32.6. The molecule has 1 aliphatic rings. The van der Waals surface area contributed by atoms with E-state index < -0.39 is 12.0 Å². The summed E-state index contributed by atoms with van der Waals surface area (Å²) in [6, 6.07) is 9.99. The SMILES string of the molecule is CCCC1=C(C(=O)OCC)[C@@H](c2cc(Cl)ccc2OC)n2c(s/c(=C/c3ccc(OCC)c(Br)c3)c2=O)=N1. The summed E-state index contributed by atoms with van der Waals surface area (Å²) in [7, 11) is 1.54. The minimum absolute atomic E-state index is 0.193. The topological polar surface area (TPSA) is 79.1 Å². The summed E-state index contributed by atoms with van der Waals surface area (Å²) in [5.41, 5.74) is 2.04. The number of carbonyl (C=O) groups is 1. The van der Waals surface area contributed by atoms with Gasteiger partial charge in [-0.05, 0) is 78.2 Å². The van der Waals surface area contributed by atoms with Crippen molar-refractivity contribution in [3.63, 3.8) is 0 Å². The number of hydrogen-bond donors (Lipinski definition) is 0. The molecule has 1 atom stereocenters. The van der Waals surface area contributed by atoms with Crippen LogP contribution in [0.3, 0.4) is 0 Å². The van der Waals surface area contributed by atoms with Crippen molar-refractivity contribution < 1.29 is 19.0 Å². The van der Waals surface area contributed by atoms with E-state index >= 15 is 0 Å². The number of ether oxygens (including phenoxy) is 3. The van der Waals surface area contributed by atoms with Crippen molar-refractivity contribution in [3.05, 3.63) is 88.0 Å². The third-order valence-corrected chi connectivity index (χ3v) is 7.77. The second kappa shape index (κ2) is 12.3. The number of methoxy groups -OCH3 is 1. The minimum atomic E-state index is -0.810. The van der Waals surface area contributed by atoms with Crippen LogP contribution in [0.15, 0.2) is 61.9 Å². The molecule has 1 aromatic heterocycles. The molecule has 200 valence electrons. The number of nitrogens with zero attached hydrogens (tertiary/aromatic N) is 2. The van der Waals surface area contributed by atoms with E-state index in [0.29, 0.717) is 50.0 Å². The molecule has 0 unspecified atom stereocenters. The molecule has 0 saturated carbocycles. The van der Waals surface area contributed by atoms with Crippen LogP contribution in [0.2, 0.25) is 5.02 Å². The first-order chi connectivity index (χ1) is 18.3. The second-order valence-electron chi connectivity index (χ2n) is 8.42. The Hall–Kier alpha value is -2.88. The molecule has 3 aromatic rings. The zero-order valence-corrected chi connectivity index (χ0v) is 24.7. The third-order valence-electron chi connectivity index (χ3n) is 5.93. The first-order valence-electron chi connectivity index (χ1n) is 12.3. The normalized spacial score (nSPS) is 15.2. The summed E-state index contributed by atoms with van der Waals surface area (Å²) < 4.78 is 19.5. The second-order valence-corrected chi connectivity index (χ2v) is 10.7. The van der Waals surface area contributed by atoms with Crippen molar-refractivity contribution in [2.75, 3.05) is 20.3 Å². The van der Waals surface area contributed by atoms with Gasteiger partial charge >= 0.3 is 5.97 Å². The highest BCUT2D eigenvalue weighted by Crippen LogP contribution is 2.38. The van der Waals surface area contributed by atoms with Crippen LogP contribution in [0.1, 0.15) is 50.8 Å². The summed E-state index contributed by atoms with van der Waals surface area (Å²) in [5.74, 6) is 0.711. The fourth-order valence-electron chi connectivity index (χ4n) is 4.36. The molecule has 2 aromatic carbocycles. The van der Waals surface area contributed by atoms with Gasteiger partial charge in [0.25, 0.3) is 5.56 Å². The van der Waals surface area contributed by atoms with E-state index in [1.807, 2.05) is 38.1 Å². The Balaban J connectivity index is 2.00. The molecule has 0 aliphatic carbocycles. The first-order valence-corrected chi connectivity index (χ1v) is 14.3. The average Bonchev–Trinajstić information content (AvgIpc) is 3.19. The number of thiazole rings is 1.